The largest absolute Gasteiger partial charge is 0.497 e. The summed E-state index contributed by atoms with van der Waals surface area (Å²) in [7, 11) is 3.15. The molecule has 1 unspecified atom stereocenters. The van der Waals surface area contributed by atoms with Crippen molar-refractivity contribution < 1.29 is 19.1 Å². The molecule has 3 aromatic carbocycles. The second-order valence-corrected chi connectivity index (χ2v) is 7.38. The van der Waals surface area contributed by atoms with E-state index in [1.54, 1.807) is 56.7 Å². The Morgan fingerprint density at radius 3 is 2.25 bits per heavy atom. The lowest BCUT2D eigenvalue weighted by atomic mass is 9.95. The van der Waals surface area contributed by atoms with Gasteiger partial charge in [0.1, 0.15) is 11.5 Å². The average molecular weight is 429 g/mol. The van der Waals surface area contributed by atoms with Gasteiger partial charge in [0.05, 0.1) is 38.1 Å². The molecule has 1 atom stereocenters. The molecule has 4 rings (SSSR count). The Kier molecular flexibility index (Phi) is 6.26. The van der Waals surface area contributed by atoms with E-state index in [2.05, 4.69) is 10.2 Å². The molecule has 0 saturated carbocycles. The van der Waals surface area contributed by atoms with Crippen LogP contribution < -0.4 is 9.47 Å². The zero-order chi connectivity index (χ0) is 22.5. The van der Waals surface area contributed by atoms with E-state index >= 15 is 0 Å². The number of likely N-dealkylation sites (tertiary alicyclic amines) is 1. The first kappa shape index (κ1) is 21.2. The number of imide groups is 1. The number of rotatable bonds is 7. The fourth-order valence-corrected chi connectivity index (χ4v) is 3.65. The quantitative estimate of drug-likeness (QED) is 0.384. The Balaban J connectivity index is 1.62. The first-order valence-corrected chi connectivity index (χ1v) is 10.2. The molecule has 0 aliphatic carbocycles. The van der Waals surface area contributed by atoms with Crippen LogP contribution in [0.1, 0.15) is 23.5 Å². The van der Waals surface area contributed by atoms with Gasteiger partial charge >= 0.3 is 0 Å². The summed E-state index contributed by atoms with van der Waals surface area (Å²) in [5, 5.41) is 8.66. The fraction of sp³-hybridized carbons (Fsp3) is 0.200. The number of hydrogen-bond donors (Lipinski definition) is 0. The van der Waals surface area contributed by atoms with Gasteiger partial charge in [0, 0.05) is 6.42 Å². The molecule has 162 valence electrons. The highest BCUT2D eigenvalue weighted by atomic mass is 16.5. The monoisotopic (exact) mass is 429 g/mol. The van der Waals surface area contributed by atoms with Crippen LogP contribution in [0.15, 0.2) is 83.0 Å². The summed E-state index contributed by atoms with van der Waals surface area (Å²) in [6.45, 7) is 0.252. The van der Waals surface area contributed by atoms with Gasteiger partial charge in [0.25, 0.3) is 0 Å². The number of ether oxygens (including phenoxy) is 2. The standard InChI is InChI=1S/C25H23N3O4/c1-31-19-10-8-18(9-11-19)26-27-23-13-12-20(32-2)14-21(23)22-15-24(29)28(25(22)30)16-17-6-4-3-5-7-17/h3-14,22H,15-16H2,1-2H3. The molecule has 1 aliphatic heterocycles. The molecular formula is C25H23N3O4. The predicted octanol–water partition coefficient (Wildman–Crippen LogP) is 5.16. The summed E-state index contributed by atoms with van der Waals surface area (Å²) in [6, 6.07) is 21.9. The van der Waals surface area contributed by atoms with Crippen LogP contribution in [-0.2, 0) is 16.1 Å². The molecule has 3 aromatic rings. The molecule has 0 bridgehead atoms. The molecule has 0 radical (unpaired) electrons. The Morgan fingerprint density at radius 1 is 0.875 bits per heavy atom. The van der Waals surface area contributed by atoms with E-state index in [0.717, 1.165) is 11.3 Å². The van der Waals surface area contributed by atoms with Gasteiger partial charge in [-0.3, -0.25) is 14.5 Å². The molecule has 0 spiro atoms. The van der Waals surface area contributed by atoms with Gasteiger partial charge in [-0.1, -0.05) is 30.3 Å². The summed E-state index contributed by atoms with van der Waals surface area (Å²) in [5.41, 5.74) is 2.69. The van der Waals surface area contributed by atoms with Gasteiger partial charge in [0.2, 0.25) is 11.8 Å². The Hall–Kier alpha value is -4.00. The van der Waals surface area contributed by atoms with Crippen LogP contribution in [0, 0.1) is 0 Å². The minimum atomic E-state index is -0.633. The van der Waals surface area contributed by atoms with Gasteiger partial charge < -0.3 is 9.47 Å². The molecule has 2 amide bonds. The van der Waals surface area contributed by atoms with Crippen molar-refractivity contribution in [1.82, 2.24) is 4.90 Å². The Morgan fingerprint density at radius 2 is 1.56 bits per heavy atom. The molecule has 32 heavy (non-hydrogen) atoms. The van der Waals surface area contributed by atoms with Crippen LogP contribution in [0.4, 0.5) is 11.4 Å². The van der Waals surface area contributed by atoms with Crippen molar-refractivity contribution in [1.29, 1.82) is 0 Å². The van der Waals surface area contributed by atoms with Crippen molar-refractivity contribution in [2.24, 2.45) is 10.2 Å². The second-order valence-electron chi connectivity index (χ2n) is 7.38. The number of amides is 2. The zero-order valence-corrected chi connectivity index (χ0v) is 17.9. The third kappa shape index (κ3) is 4.51. The zero-order valence-electron chi connectivity index (χ0n) is 17.9. The summed E-state index contributed by atoms with van der Waals surface area (Å²) < 4.78 is 10.5. The van der Waals surface area contributed by atoms with Gasteiger partial charge in [-0.15, -0.1) is 0 Å². The summed E-state index contributed by atoms with van der Waals surface area (Å²) in [4.78, 5) is 27.2. The lowest BCUT2D eigenvalue weighted by Crippen LogP contribution is -2.29. The molecule has 1 saturated heterocycles. The van der Waals surface area contributed by atoms with Gasteiger partial charge in [-0.25, -0.2) is 0 Å². The van der Waals surface area contributed by atoms with E-state index in [1.165, 1.54) is 4.90 Å². The minimum absolute atomic E-state index is 0.0872. The van der Waals surface area contributed by atoms with Crippen molar-refractivity contribution in [3.8, 4) is 11.5 Å². The molecule has 0 aromatic heterocycles. The SMILES string of the molecule is COc1ccc(N=Nc2ccc(OC)cc2C2CC(=O)N(Cc3ccccc3)C2=O)cc1. The number of methoxy groups -OCH3 is 2. The molecule has 7 heteroatoms. The fourth-order valence-electron chi connectivity index (χ4n) is 3.65. The van der Waals surface area contributed by atoms with Crippen LogP contribution in [-0.4, -0.2) is 30.9 Å². The van der Waals surface area contributed by atoms with Gasteiger partial charge in [0.15, 0.2) is 0 Å². The normalized spacial score (nSPS) is 16.1. The first-order chi connectivity index (χ1) is 15.6. The topological polar surface area (TPSA) is 80.6 Å². The van der Waals surface area contributed by atoms with Crippen LogP contribution >= 0.6 is 0 Å². The predicted molar refractivity (Wildman–Crippen MR) is 120 cm³/mol. The third-order valence-electron chi connectivity index (χ3n) is 5.38. The van der Waals surface area contributed by atoms with E-state index in [-0.39, 0.29) is 24.8 Å². The van der Waals surface area contributed by atoms with E-state index in [9.17, 15) is 9.59 Å². The Labute approximate surface area is 186 Å². The van der Waals surface area contributed by atoms with E-state index < -0.39 is 5.92 Å². The smallest absolute Gasteiger partial charge is 0.237 e. The second kappa shape index (κ2) is 9.43. The molecule has 1 fully saturated rings. The van der Waals surface area contributed by atoms with Crippen molar-refractivity contribution in [2.45, 2.75) is 18.9 Å². The lowest BCUT2D eigenvalue weighted by Gasteiger charge is -2.16. The number of nitrogens with zero attached hydrogens (tertiary/aromatic N) is 3. The molecule has 1 aliphatic rings. The van der Waals surface area contributed by atoms with E-state index in [1.807, 2.05) is 30.3 Å². The highest BCUT2D eigenvalue weighted by Crippen LogP contribution is 2.38. The molecule has 1 heterocycles. The van der Waals surface area contributed by atoms with Gasteiger partial charge in [-0.2, -0.15) is 10.2 Å². The lowest BCUT2D eigenvalue weighted by molar-refractivity contribution is -0.139. The number of hydrogen-bond acceptors (Lipinski definition) is 6. The summed E-state index contributed by atoms with van der Waals surface area (Å²) in [6.07, 6.45) is 0.0872. The van der Waals surface area contributed by atoms with Gasteiger partial charge in [-0.05, 0) is 53.6 Å². The summed E-state index contributed by atoms with van der Waals surface area (Å²) in [5.74, 6) is 0.233. The average Bonchev–Trinajstić information content (AvgIpc) is 3.11. The summed E-state index contributed by atoms with van der Waals surface area (Å²) >= 11 is 0. The van der Waals surface area contributed by atoms with Crippen molar-refractivity contribution in [2.75, 3.05) is 14.2 Å². The maximum Gasteiger partial charge on any atom is 0.237 e. The molecule has 7 nitrogen and oxygen atoms in total. The van der Waals surface area contributed by atoms with E-state index in [4.69, 9.17) is 9.47 Å². The van der Waals surface area contributed by atoms with Crippen molar-refractivity contribution >= 4 is 23.2 Å². The van der Waals surface area contributed by atoms with Crippen LogP contribution in [0.3, 0.4) is 0 Å². The molecular weight excluding hydrogens is 406 g/mol. The first-order valence-electron chi connectivity index (χ1n) is 10.2. The van der Waals surface area contributed by atoms with Crippen LogP contribution in [0.5, 0.6) is 11.5 Å². The van der Waals surface area contributed by atoms with Crippen LogP contribution in [0.25, 0.3) is 0 Å². The maximum absolute atomic E-state index is 13.2. The number of benzene rings is 3. The third-order valence-corrected chi connectivity index (χ3v) is 5.38. The maximum atomic E-state index is 13.2. The molecule has 0 N–H and O–H groups in total. The van der Waals surface area contributed by atoms with E-state index in [0.29, 0.717) is 22.7 Å². The number of azo groups is 1. The van der Waals surface area contributed by atoms with Crippen molar-refractivity contribution in [3.05, 3.63) is 83.9 Å². The highest BCUT2D eigenvalue weighted by Gasteiger charge is 2.40. The van der Waals surface area contributed by atoms with Crippen molar-refractivity contribution in [3.63, 3.8) is 0 Å². The highest BCUT2D eigenvalue weighted by molar-refractivity contribution is 6.06. The Bertz CT molecular complexity index is 1140. The number of carbonyl (C=O) groups is 2. The minimum Gasteiger partial charge on any atom is -0.497 e. The number of carbonyl (C=O) groups excluding carboxylic acids is 2. The van der Waals surface area contributed by atoms with Crippen LogP contribution in [0.2, 0.25) is 0 Å².